The highest BCUT2D eigenvalue weighted by Crippen LogP contribution is 2.54. The van der Waals surface area contributed by atoms with Crippen molar-refractivity contribution in [1.29, 1.82) is 0 Å². The molecule has 1 aromatic rings. The maximum Gasteiger partial charge on any atom is 0.409 e. The summed E-state index contributed by atoms with van der Waals surface area (Å²) in [5.74, 6) is -1.68. The van der Waals surface area contributed by atoms with Crippen molar-refractivity contribution in [2.75, 3.05) is 0 Å². The Labute approximate surface area is 143 Å². The highest BCUT2D eigenvalue weighted by Gasteiger charge is 2.72. The largest absolute Gasteiger partial charge is 0.411 e. The fourth-order valence-corrected chi connectivity index (χ4v) is 2.46. The van der Waals surface area contributed by atoms with Crippen LogP contribution in [0.3, 0.4) is 0 Å². The molecule has 1 aromatic carbocycles. The van der Waals surface area contributed by atoms with Gasteiger partial charge in [-0.05, 0) is 30.5 Å². The quantitative estimate of drug-likeness (QED) is 0.766. The van der Waals surface area contributed by atoms with Crippen molar-refractivity contribution in [1.82, 2.24) is 5.32 Å². The van der Waals surface area contributed by atoms with E-state index in [2.05, 4.69) is 10.1 Å². The number of rotatable bonds is 5. The van der Waals surface area contributed by atoms with Crippen LogP contribution in [0.4, 0.5) is 31.1 Å². The summed E-state index contributed by atoms with van der Waals surface area (Å²) in [7, 11) is 0. The molecule has 26 heavy (non-hydrogen) atoms. The molecule has 0 atom stereocenters. The number of benzene rings is 1. The first-order valence-corrected chi connectivity index (χ1v) is 7.37. The van der Waals surface area contributed by atoms with E-state index in [1.807, 2.05) is 0 Å². The van der Waals surface area contributed by atoms with Crippen molar-refractivity contribution in [3.05, 3.63) is 29.8 Å². The molecule has 5 nitrogen and oxygen atoms in total. The summed E-state index contributed by atoms with van der Waals surface area (Å²) in [5, 5.41) is 2.14. The molecule has 0 unspecified atom stereocenters. The van der Waals surface area contributed by atoms with E-state index in [0.717, 1.165) is 12.1 Å². The second kappa shape index (κ2) is 6.69. The minimum absolute atomic E-state index is 0.332. The van der Waals surface area contributed by atoms with Crippen LogP contribution in [0.15, 0.2) is 24.3 Å². The Morgan fingerprint density at radius 2 is 1.54 bits per heavy atom. The van der Waals surface area contributed by atoms with Gasteiger partial charge in [0.2, 0.25) is 5.91 Å². The van der Waals surface area contributed by atoms with Gasteiger partial charge in [0.1, 0.15) is 5.75 Å². The Morgan fingerprint density at radius 3 is 1.92 bits per heavy atom. The van der Waals surface area contributed by atoms with Gasteiger partial charge in [-0.25, -0.2) is 4.79 Å². The van der Waals surface area contributed by atoms with Crippen LogP contribution in [0.1, 0.15) is 24.8 Å². The maximum atomic E-state index is 13.6. The Kier molecular flexibility index (Phi) is 5.11. The summed E-state index contributed by atoms with van der Waals surface area (Å²) in [4.78, 5) is 22.4. The van der Waals surface area contributed by atoms with E-state index in [1.54, 1.807) is 0 Å². The number of hydrogen-bond acceptors (Lipinski definition) is 3. The molecule has 1 fully saturated rings. The van der Waals surface area contributed by atoms with Gasteiger partial charge in [-0.15, -0.1) is 0 Å². The Bertz CT molecular complexity index is 666. The van der Waals surface area contributed by atoms with Crippen LogP contribution in [0, 0.1) is 0 Å². The van der Waals surface area contributed by atoms with Gasteiger partial charge in [-0.2, -0.15) is 26.3 Å². The van der Waals surface area contributed by atoms with E-state index in [-0.39, 0.29) is 5.75 Å². The Balaban J connectivity index is 2.47. The number of halogens is 6. The van der Waals surface area contributed by atoms with Gasteiger partial charge in [0.05, 0.1) is 6.42 Å². The molecule has 0 aromatic heterocycles. The lowest BCUT2D eigenvalue weighted by atomic mass is 9.75. The summed E-state index contributed by atoms with van der Waals surface area (Å²) in [6.07, 6.45) is -13.7. The van der Waals surface area contributed by atoms with E-state index in [4.69, 9.17) is 5.73 Å². The van der Waals surface area contributed by atoms with Crippen molar-refractivity contribution >= 4 is 12.0 Å². The first-order chi connectivity index (χ1) is 11.9. The SMILES string of the molecule is NC(=O)Oc1ccc(C(CC(=O)NC2CC2)(C(F)(F)F)C(F)(F)F)cc1. The topological polar surface area (TPSA) is 81.4 Å². The van der Waals surface area contributed by atoms with Crippen LogP contribution in [0.2, 0.25) is 0 Å². The molecular weight excluding hydrogens is 370 g/mol. The number of primary amides is 1. The fraction of sp³-hybridized carbons (Fsp3) is 0.467. The van der Waals surface area contributed by atoms with Crippen molar-refractivity contribution in [2.45, 2.75) is 43.1 Å². The zero-order valence-electron chi connectivity index (χ0n) is 13.1. The van der Waals surface area contributed by atoms with E-state index in [1.165, 1.54) is 0 Å². The molecular formula is C15H14F6N2O3. The lowest BCUT2D eigenvalue weighted by molar-refractivity contribution is -0.303. The third-order valence-electron chi connectivity index (χ3n) is 3.90. The summed E-state index contributed by atoms with van der Waals surface area (Å²) in [6.45, 7) is 0. The number of hydrogen-bond donors (Lipinski definition) is 2. The molecule has 2 rings (SSSR count). The summed E-state index contributed by atoms with van der Waals surface area (Å²) in [6, 6.07) is 2.09. The minimum Gasteiger partial charge on any atom is -0.411 e. The van der Waals surface area contributed by atoms with Crippen LogP contribution < -0.4 is 15.8 Å². The van der Waals surface area contributed by atoms with Gasteiger partial charge >= 0.3 is 18.4 Å². The van der Waals surface area contributed by atoms with Crippen LogP contribution in [0.25, 0.3) is 0 Å². The predicted octanol–water partition coefficient (Wildman–Crippen LogP) is 3.18. The number of nitrogens with one attached hydrogen (secondary N) is 1. The first kappa shape index (κ1) is 19.9. The smallest absolute Gasteiger partial charge is 0.409 e. The normalized spacial score (nSPS) is 15.5. The zero-order chi connectivity index (χ0) is 19.8. The van der Waals surface area contributed by atoms with Gasteiger partial charge in [0.25, 0.3) is 0 Å². The molecule has 3 N–H and O–H groups in total. The third kappa shape index (κ3) is 4.02. The number of nitrogens with two attached hydrogens (primary N) is 1. The molecule has 0 spiro atoms. The van der Waals surface area contributed by atoms with Crippen LogP contribution >= 0.6 is 0 Å². The highest BCUT2D eigenvalue weighted by molar-refractivity contribution is 5.79. The van der Waals surface area contributed by atoms with E-state index >= 15 is 0 Å². The zero-order valence-corrected chi connectivity index (χ0v) is 13.1. The summed E-state index contributed by atoms with van der Waals surface area (Å²) < 4.78 is 85.8. The van der Waals surface area contributed by atoms with Gasteiger partial charge in [0.15, 0.2) is 5.41 Å². The molecule has 0 bridgehead atoms. The van der Waals surface area contributed by atoms with Crippen LogP contribution in [-0.2, 0) is 10.2 Å². The van der Waals surface area contributed by atoms with Gasteiger partial charge in [-0.1, -0.05) is 12.1 Å². The van der Waals surface area contributed by atoms with Crippen LogP contribution in [0.5, 0.6) is 5.75 Å². The van der Waals surface area contributed by atoms with Crippen molar-refractivity contribution in [3.8, 4) is 5.75 Å². The monoisotopic (exact) mass is 384 g/mol. The molecule has 0 radical (unpaired) electrons. The molecule has 11 heteroatoms. The molecule has 144 valence electrons. The molecule has 2 amide bonds. The van der Waals surface area contributed by atoms with Crippen LogP contribution in [-0.4, -0.2) is 30.4 Å². The standard InChI is InChI=1S/C15H14F6N2O3/c16-14(17,18)13(15(19,20)21,7-11(24)23-9-3-4-9)8-1-5-10(6-2-8)26-12(22)25/h1-2,5-6,9H,3-4,7H2,(H2,22,25)(H,23,24). The maximum absolute atomic E-state index is 13.6. The predicted molar refractivity (Wildman–Crippen MR) is 76.2 cm³/mol. The van der Waals surface area contributed by atoms with Crippen molar-refractivity contribution < 1.29 is 40.7 Å². The molecule has 0 saturated heterocycles. The second-order valence-corrected chi connectivity index (χ2v) is 5.86. The van der Waals surface area contributed by atoms with Gasteiger partial charge in [0, 0.05) is 6.04 Å². The van der Waals surface area contributed by atoms with E-state index < -0.39 is 47.8 Å². The van der Waals surface area contributed by atoms with E-state index in [9.17, 15) is 35.9 Å². The summed E-state index contributed by atoms with van der Waals surface area (Å²) in [5.41, 5.74) is -0.862. The van der Waals surface area contributed by atoms with Gasteiger partial charge < -0.3 is 15.8 Å². The first-order valence-electron chi connectivity index (χ1n) is 7.37. The number of alkyl halides is 6. The molecule has 0 aliphatic heterocycles. The average Bonchev–Trinajstić information content (AvgIpc) is 3.26. The molecule has 1 aliphatic rings. The minimum atomic E-state index is -5.79. The number of carbonyl (C=O) groups is 2. The molecule has 1 saturated carbocycles. The van der Waals surface area contributed by atoms with E-state index in [0.29, 0.717) is 25.0 Å². The number of carbonyl (C=O) groups excluding carboxylic acids is 2. The number of amides is 2. The third-order valence-corrected chi connectivity index (χ3v) is 3.90. The molecule has 0 heterocycles. The molecule has 1 aliphatic carbocycles. The Morgan fingerprint density at radius 1 is 1.04 bits per heavy atom. The fourth-order valence-electron chi connectivity index (χ4n) is 2.46. The van der Waals surface area contributed by atoms with Crippen molar-refractivity contribution in [2.24, 2.45) is 5.73 Å². The highest BCUT2D eigenvalue weighted by atomic mass is 19.4. The van der Waals surface area contributed by atoms with Gasteiger partial charge in [-0.3, -0.25) is 4.79 Å². The lowest BCUT2D eigenvalue weighted by Gasteiger charge is -2.37. The average molecular weight is 384 g/mol. The summed E-state index contributed by atoms with van der Waals surface area (Å²) >= 11 is 0. The van der Waals surface area contributed by atoms with Crippen molar-refractivity contribution in [3.63, 3.8) is 0 Å². The number of ether oxygens (including phenoxy) is 1. The lowest BCUT2D eigenvalue weighted by Crippen LogP contribution is -2.56. The Hall–Kier alpha value is -2.46. The second-order valence-electron chi connectivity index (χ2n) is 5.86.